The number of benzene rings is 6. The van der Waals surface area contributed by atoms with Gasteiger partial charge in [0, 0.05) is 39.3 Å². The highest BCUT2D eigenvalue weighted by Crippen LogP contribution is 2.51. The van der Waals surface area contributed by atoms with E-state index in [0.717, 1.165) is 19.3 Å². The van der Waals surface area contributed by atoms with Crippen molar-refractivity contribution >= 4 is 33.9 Å². The Labute approximate surface area is 319 Å². The maximum absolute atomic E-state index is 2.48. The molecule has 1 atom stereocenters. The molecule has 0 saturated carbocycles. The summed E-state index contributed by atoms with van der Waals surface area (Å²) in [6, 6.07) is 53.8. The lowest BCUT2D eigenvalue weighted by Crippen LogP contribution is -2.21. The van der Waals surface area contributed by atoms with Crippen LogP contribution in [0.3, 0.4) is 0 Å². The zero-order valence-electron chi connectivity index (χ0n) is 31.3. The summed E-state index contributed by atoms with van der Waals surface area (Å²) >= 11 is 0. The summed E-state index contributed by atoms with van der Waals surface area (Å²) < 4.78 is 2.46. The minimum Gasteiger partial charge on any atom is -0.314 e. The van der Waals surface area contributed by atoms with Crippen LogP contribution in [0.15, 0.2) is 170 Å². The standard InChI is InChI=1S/C52H44N2/c1-35-32-41(53(39-16-8-5-9-17-39)42-28-30-45-44-18-10-12-20-48(44)52(2,3)49(45)34-42)27-29-43(35)38-24-31-51-47(33-38)46-19-11-13-21-50(46)54(51)40-25-22-37(23-26-40)36-14-6-4-7-15-36/h4-10,12-18,20-31,33-35H,11,19,32H2,1-3H3. The molecule has 2 nitrogen and oxygen atoms in total. The van der Waals surface area contributed by atoms with E-state index in [4.69, 9.17) is 0 Å². The fourth-order valence-corrected chi connectivity index (χ4v) is 9.40. The SMILES string of the molecule is CC1CC(N(c2ccccc2)c2ccc3c(c2)C(C)(C)c2ccccc2-3)=CC=C1c1ccc2c(c1)c1c(n2-c2ccc(-c3ccccc3)cc2)C=CCC1. The molecule has 262 valence electrons. The number of nitrogens with zero attached hydrogens (tertiary/aromatic N) is 2. The van der Waals surface area contributed by atoms with Crippen LogP contribution in [-0.4, -0.2) is 4.57 Å². The summed E-state index contributed by atoms with van der Waals surface area (Å²) in [5.41, 5.74) is 19.7. The molecule has 0 bridgehead atoms. The summed E-state index contributed by atoms with van der Waals surface area (Å²) in [6.07, 6.45) is 12.5. The van der Waals surface area contributed by atoms with Crippen molar-refractivity contribution in [2.45, 2.75) is 45.4 Å². The zero-order chi connectivity index (χ0) is 36.4. The van der Waals surface area contributed by atoms with Crippen molar-refractivity contribution in [1.29, 1.82) is 0 Å². The van der Waals surface area contributed by atoms with Crippen LogP contribution < -0.4 is 4.90 Å². The highest BCUT2D eigenvalue weighted by molar-refractivity contribution is 5.94. The number of hydrogen-bond donors (Lipinski definition) is 0. The molecule has 0 N–H and O–H groups in total. The molecule has 54 heavy (non-hydrogen) atoms. The Morgan fingerprint density at radius 2 is 1.33 bits per heavy atom. The lowest BCUT2D eigenvalue weighted by Gasteiger charge is -2.33. The number of para-hydroxylation sites is 1. The lowest BCUT2D eigenvalue weighted by atomic mass is 9.82. The zero-order valence-corrected chi connectivity index (χ0v) is 31.3. The van der Waals surface area contributed by atoms with Gasteiger partial charge in [0.25, 0.3) is 0 Å². The average molecular weight is 697 g/mol. The Kier molecular flexibility index (Phi) is 7.70. The van der Waals surface area contributed by atoms with Gasteiger partial charge in [-0.05, 0) is 136 Å². The van der Waals surface area contributed by atoms with E-state index < -0.39 is 0 Å². The van der Waals surface area contributed by atoms with Crippen LogP contribution in [0.5, 0.6) is 0 Å². The number of anilines is 2. The molecule has 0 radical (unpaired) electrons. The molecule has 6 aromatic carbocycles. The second-order valence-electron chi connectivity index (χ2n) is 15.7. The second kappa shape index (κ2) is 12.8. The van der Waals surface area contributed by atoms with Crippen LogP contribution in [0.4, 0.5) is 11.4 Å². The molecule has 1 aromatic heterocycles. The molecule has 0 amide bonds. The highest BCUT2D eigenvalue weighted by atomic mass is 15.1. The van der Waals surface area contributed by atoms with Gasteiger partial charge in [-0.15, -0.1) is 0 Å². The summed E-state index contributed by atoms with van der Waals surface area (Å²) in [7, 11) is 0. The van der Waals surface area contributed by atoms with Crippen LogP contribution in [0.25, 0.3) is 50.5 Å². The molecule has 1 heterocycles. The smallest absolute Gasteiger partial charge is 0.0538 e. The summed E-state index contributed by atoms with van der Waals surface area (Å²) in [4.78, 5) is 2.48. The number of aryl methyl sites for hydroxylation is 1. The van der Waals surface area contributed by atoms with Gasteiger partial charge in [-0.1, -0.05) is 130 Å². The number of allylic oxidation sites excluding steroid dienone is 5. The van der Waals surface area contributed by atoms with E-state index in [-0.39, 0.29) is 5.41 Å². The monoisotopic (exact) mass is 696 g/mol. The van der Waals surface area contributed by atoms with E-state index in [0.29, 0.717) is 5.92 Å². The molecular weight excluding hydrogens is 653 g/mol. The van der Waals surface area contributed by atoms with Gasteiger partial charge in [0.15, 0.2) is 0 Å². The van der Waals surface area contributed by atoms with Crippen LogP contribution in [0.2, 0.25) is 0 Å². The van der Waals surface area contributed by atoms with Gasteiger partial charge in [-0.25, -0.2) is 0 Å². The number of hydrogen-bond acceptors (Lipinski definition) is 1. The predicted molar refractivity (Wildman–Crippen MR) is 228 cm³/mol. The Bertz CT molecular complexity index is 2650. The Morgan fingerprint density at radius 3 is 2.13 bits per heavy atom. The van der Waals surface area contributed by atoms with E-state index in [1.54, 1.807) is 0 Å². The van der Waals surface area contributed by atoms with Crippen molar-refractivity contribution in [2.75, 3.05) is 4.90 Å². The van der Waals surface area contributed by atoms with E-state index in [2.05, 4.69) is 200 Å². The first kappa shape index (κ1) is 32.5. The van der Waals surface area contributed by atoms with Gasteiger partial charge in [0.1, 0.15) is 0 Å². The number of aromatic nitrogens is 1. The third-order valence-corrected chi connectivity index (χ3v) is 12.1. The van der Waals surface area contributed by atoms with E-state index >= 15 is 0 Å². The van der Waals surface area contributed by atoms with Gasteiger partial charge in [-0.3, -0.25) is 0 Å². The molecule has 0 aliphatic heterocycles. The normalized spacial score (nSPS) is 16.7. The van der Waals surface area contributed by atoms with Crippen LogP contribution in [0, 0.1) is 5.92 Å². The summed E-state index contributed by atoms with van der Waals surface area (Å²) in [5.74, 6) is 0.354. The third kappa shape index (κ3) is 5.23. The van der Waals surface area contributed by atoms with Crippen molar-refractivity contribution in [3.8, 4) is 27.9 Å². The molecule has 0 fully saturated rings. The van der Waals surface area contributed by atoms with Gasteiger partial charge in [-0.2, -0.15) is 0 Å². The highest BCUT2D eigenvalue weighted by Gasteiger charge is 2.36. The first-order chi connectivity index (χ1) is 26.5. The van der Waals surface area contributed by atoms with Gasteiger partial charge < -0.3 is 9.47 Å². The van der Waals surface area contributed by atoms with Crippen molar-refractivity contribution in [1.82, 2.24) is 4.57 Å². The maximum atomic E-state index is 2.48. The van der Waals surface area contributed by atoms with E-state index in [1.807, 2.05) is 0 Å². The maximum Gasteiger partial charge on any atom is 0.0538 e. The average Bonchev–Trinajstić information content (AvgIpc) is 3.67. The number of fused-ring (bicyclic) bond motifs is 6. The first-order valence-electron chi connectivity index (χ1n) is 19.5. The summed E-state index contributed by atoms with van der Waals surface area (Å²) in [6.45, 7) is 7.13. The Morgan fingerprint density at radius 1 is 0.630 bits per heavy atom. The van der Waals surface area contributed by atoms with E-state index in [9.17, 15) is 0 Å². The topological polar surface area (TPSA) is 8.17 Å². The summed E-state index contributed by atoms with van der Waals surface area (Å²) in [5, 5.41) is 1.37. The van der Waals surface area contributed by atoms with Crippen LogP contribution in [0.1, 0.15) is 61.6 Å². The lowest BCUT2D eigenvalue weighted by molar-refractivity contribution is 0.660. The van der Waals surface area contributed by atoms with Crippen LogP contribution >= 0.6 is 0 Å². The van der Waals surface area contributed by atoms with Crippen molar-refractivity contribution in [3.63, 3.8) is 0 Å². The third-order valence-electron chi connectivity index (χ3n) is 12.1. The van der Waals surface area contributed by atoms with Gasteiger partial charge in [0.2, 0.25) is 0 Å². The van der Waals surface area contributed by atoms with Crippen molar-refractivity contribution in [2.24, 2.45) is 5.92 Å². The molecule has 3 aliphatic carbocycles. The largest absolute Gasteiger partial charge is 0.314 e. The van der Waals surface area contributed by atoms with Crippen molar-refractivity contribution in [3.05, 3.63) is 197 Å². The quantitative estimate of drug-likeness (QED) is 0.168. The van der Waals surface area contributed by atoms with Gasteiger partial charge in [0.05, 0.1) is 5.52 Å². The second-order valence-corrected chi connectivity index (χ2v) is 15.7. The predicted octanol–water partition coefficient (Wildman–Crippen LogP) is 13.7. The minimum atomic E-state index is -0.0518. The van der Waals surface area contributed by atoms with Gasteiger partial charge >= 0.3 is 0 Å². The molecule has 1 unspecified atom stereocenters. The molecule has 10 rings (SSSR count). The van der Waals surface area contributed by atoms with E-state index in [1.165, 1.54) is 89.4 Å². The molecular formula is C52H44N2. The van der Waals surface area contributed by atoms with Crippen molar-refractivity contribution < 1.29 is 0 Å². The Balaban J connectivity index is 1.03. The fourth-order valence-electron chi connectivity index (χ4n) is 9.40. The Hall–Kier alpha value is -6.12. The fraction of sp³-hybridized carbons (Fsp3) is 0.154. The number of rotatable bonds is 6. The molecule has 2 heteroatoms. The first-order valence-corrected chi connectivity index (χ1v) is 19.5. The molecule has 7 aromatic rings. The molecule has 3 aliphatic rings. The molecule has 0 spiro atoms. The minimum absolute atomic E-state index is 0.0518. The molecule has 0 saturated heterocycles. The van der Waals surface area contributed by atoms with Crippen LogP contribution in [-0.2, 0) is 11.8 Å².